The first-order valence-corrected chi connectivity index (χ1v) is 6.71. The minimum absolute atomic E-state index is 0.898. The molecule has 0 atom stereocenters. The molecule has 14 heavy (non-hydrogen) atoms. The summed E-state index contributed by atoms with van der Waals surface area (Å²) in [6, 6.07) is 2.08. The van der Waals surface area contributed by atoms with Crippen LogP contribution in [0.2, 0.25) is 0 Å². The van der Waals surface area contributed by atoms with Gasteiger partial charge in [-0.3, -0.25) is 4.98 Å². The van der Waals surface area contributed by atoms with Crippen LogP contribution in [0.25, 0.3) is 0 Å². The van der Waals surface area contributed by atoms with Gasteiger partial charge in [-0.1, -0.05) is 0 Å². The van der Waals surface area contributed by atoms with Crippen LogP contribution >= 0.6 is 38.6 Å². The van der Waals surface area contributed by atoms with E-state index in [1.165, 1.54) is 14.2 Å². The maximum atomic E-state index is 4.03. The Morgan fingerprint density at radius 1 is 1.36 bits per heavy atom. The summed E-state index contributed by atoms with van der Waals surface area (Å²) in [5, 5.41) is 5.47. The molecular formula is C9H9BrN2S2. The number of halogens is 1. The lowest BCUT2D eigenvalue weighted by molar-refractivity contribution is 0.706. The van der Waals surface area contributed by atoms with Crippen molar-refractivity contribution in [1.82, 2.24) is 10.3 Å². The number of nitrogens with one attached hydrogen (secondary N) is 1. The third-order valence-electron chi connectivity index (χ3n) is 1.76. The molecule has 0 aliphatic carbocycles. The summed E-state index contributed by atoms with van der Waals surface area (Å²) in [6.45, 7) is 1.81. The molecule has 0 amide bonds. The molecular weight excluding hydrogens is 280 g/mol. The van der Waals surface area contributed by atoms with E-state index >= 15 is 0 Å². The number of rotatable bonds is 4. The van der Waals surface area contributed by atoms with E-state index in [2.05, 4.69) is 37.7 Å². The molecule has 0 saturated carbocycles. The molecule has 1 N–H and O–H groups in total. The second-order valence-corrected chi connectivity index (χ2v) is 5.59. The lowest BCUT2D eigenvalue weighted by atomic mass is 10.4. The number of hydrogen-bond donors (Lipinski definition) is 1. The summed E-state index contributed by atoms with van der Waals surface area (Å²) in [5.74, 6) is 0. The van der Waals surface area contributed by atoms with E-state index in [9.17, 15) is 0 Å². The Labute approximate surface area is 99.1 Å². The molecule has 0 saturated heterocycles. The first-order chi connectivity index (χ1) is 6.86. The lowest BCUT2D eigenvalue weighted by Gasteiger charge is -2.00. The Morgan fingerprint density at radius 2 is 2.29 bits per heavy atom. The Bertz CT molecular complexity index is 383. The van der Waals surface area contributed by atoms with Crippen molar-refractivity contribution < 1.29 is 0 Å². The molecule has 0 fully saturated rings. The van der Waals surface area contributed by atoms with Crippen LogP contribution in [0, 0.1) is 0 Å². The Hall–Kier alpha value is -0.230. The Kier molecular flexibility index (Phi) is 3.69. The van der Waals surface area contributed by atoms with Crippen LogP contribution in [-0.2, 0) is 13.1 Å². The van der Waals surface area contributed by atoms with Gasteiger partial charge in [-0.15, -0.1) is 22.7 Å². The molecule has 2 heterocycles. The van der Waals surface area contributed by atoms with Gasteiger partial charge in [0, 0.05) is 33.5 Å². The third-order valence-corrected chi connectivity index (χ3v) is 4.47. The van der Waals surface area contributed by atoms with Gasteiger partial charge in [0.1, 0.15) is 0 Å². The van der Waals surface area contributed by atoms with Crippen molar-refractivity contribution in [2.75, 3.05) is 0 Å². The van der Waals surface area contributed by atoms with E-state index in [1.54, 1.807) is 22.7 Å². The fraction of sp³-hybridized carbons (Fsp3) is 0.222. The first kappa shape index (κ1) is 10.3. The number of thiazole rings is 1. The maximum absolute atomic E-state index is 4.03. The molecule has 0 unspecified atom stereocenters. The van der Waals surface area contributed by atoms with Crippen LogP contribution in [0.5, 0.6) is 0 Å². The monoisotopic (exact) mass is 288 g/mol. The highest BCUT2D eigenvalue weighted by molar-refractivity contribution is 9.10. The number of hydrogen-bond acceptors (Lipinski definition) is 4. The van der Waals surface area contributed by atoms with Crippen molar-refractivity contribution in [2.45, 2.75) is 13.1 Å². The van der Waals surface area contributed by atoms with Crippen LogP contribution in [0.4, 0.5) is 0 Å². The van der Waals surface area contributed by atoms with Crippen molar-refractivity contribution in [3.8, 4) is 0 Å². The minimum atomic E-state index is 0.898. The lowest BCUT2D eigenvalue weighted by Crippen LogP contribution is -2.10. The van der Waals surface area contributed by atoms with Crippen LogP contribution in [0.15, 0.2) is 27.6 Å². The molecule has 0 spiro atoms. The molecule has 0 bridgehead atoms. The highest BCUT2D eigenvalue weighted by Crippen LogP contribution is 2.22. The molecule has 2 rings (SSSR count). The Morgan fingerprint density at radius 3 is 2.93 bits per heavy atom. The zero-order chi connectivity index (χ0) is 9.80. The summed E-state index contributed by atoms with van der Waals surface area (Å²) < 4.78 is 1.19. The fourth-order valence-electron chi connectivity index (χ4n) is 1.08. The van der Waals surface area contributed by atoms with E-state index in [0.717, 1.165) is 13.1 Å². The SMILES string of the molecule is Brc1ccsc1CNCc1cncs1. The highest BCUT2D eigenvalue weighted by atomic mass is 79.9. The smallest absolute Gasteiger partial charge is 0.0794 e. The molecule has 5 heteroatoms. The normalized spacial score (nSPS) is 10.6. The van der Waals surface area contributed by atoms with Gasteiger partial charge < -0.3 is 5.32 Å². The van der Waals surface area contributed by atoms with Gasteiger partial charge in [0.25, 0.3) is 0 Å². The predicted octanol–water partition coefficient (Wildman–Crippen LogP) is 3.26. The number of thiophene rings is 1. The van der Waals surface area contributed by atoms with E-state index in [1.807, 2.05) is 11.7 Å². The van der Waals surface area contributed by atoms with E-state index in [4.69, 9.17) is 0 Å². The molecule has 0 aliphatic rings. The zero-order valence-electron chi connectivity index (χ0n) is 7.37. The summed E-state index contributed by atoms with van der Waals surface area (Å²) in [5.41, 5.74) is 1.86. The molecule has 0 aliphatic heterocycles. The standard InChI is InChI=1S/C9H9BrN2S2/c10-8-1-2-13-9(8)5-11-3-7-4-12-6-14-7/h1-2,4,6,11H,3,5H2. The van der Waals surface area contributed by atoms with Gasteiger partial charge in [0.05, 0.1) is 5.51 Å². The van der Waals surface area contributed by atoms with Crippen LogP contribution in [0.3, 0.4) is 0 Å². The van der Waals surface area contributed by atoms with Crippen molar-refractivity contribution in [1.29, 1.82) is 0 Å². The average Bonchev–Trinajstić information content (AvgIpc) is 2.78. The van der Waals surface area contributed by atoms with Gasteiger partial charge in [-0.25, -0.2) is 0 Å². The quantitative estimate of drug-likeness (QED) is 0.934. The van der Waals surface area contributed by atoms with Gasteiger partial charge in [-0.05, 0) is 27.4 Å². The van der Waals surface area contributed by atoms with Gasteiger partial charge in [0.15, 0.2) is 0 Å². The van der Waals surface area contributed by atoms with Crippen LogP contribution < -0.4 is 5.32 Å². The van der Waals surface area contributed by atoms with E-state index < -0.39 is 0 Å². The van der Waals surface area contributed by atoms with Crippen molar-refractivity contribution in [2.24, 2.45) is 0 Å². The zero-order valence-corrected chi connectivity index (χ0v) is 10.6. The Balaban J connectivity index is 1.81. The minimum Gasteiger partial charge on any atom is -0.307 e. The summed E-state index contributed by atoms with van der Waals surface area (Å²) in [4.78, 5) is 6.65. The van der Waals surface area contributed by atoms with Gasteiger partial charge >= 0.3 is 0 Å². The molecule has 2 nitrogen and oxygen atoms in total. The number of nitrogens with zero attached hydrogens (tertiary/aromatic N) is 1. The molecule has 2 aromatic heterocycles. The largest absolute Gasteiger partial charge is 0.307 e. The van der Waals surface area contributed by atoms with Crippen molar-refractivity contribution in [3.63, 3.8) is 0 Å². The summed E-state index contributed by atoms with van der Waals surface area (Å²) >= 11 is 6.95. The summed E-state index contributed by atoms with van der Waals surface area (Å²) in [6.07, 6.45) is 1.90. The predicted molar refractivity (Wildman–Crippen MR) is 64.7 cm³/mol. The molecule has 0 radical (unpaired) electrons. The van der Waals surface area contributed by atoms with Crippen molar-refractivity contribution >= 4 is 38.6 Å². The van der Waals surface area contributed by atoms with Crippen LogP contribution in [0.1, 0.15) is 9.75 Å². The molecule has 74 valence electrons. The average molecular weight is 289 g/mol. The molecule has 2 aromatic rings. The van der Waals surface area contributed by atoms with E-state index in [-0.39, 0.29) is 0 Å². The number of aromatic nitrogens is 1. The van der Waals surface area contributed by atoms with Gasteiger partial charge in [-0.2, -0.15) is 0 Å². The van der Waals surface area contributed by atoms with Crippen molar-refractivity contribution in [3.05, 3.63) is 37.4 Å². The maximum Gasteiger partial charge on any atom is 0.0794 e. The highest BCUT2D eigenvalue weighted by Gasteiger charge is 2.00. The topological polar surface area (TPSA) is 24.9 Å². The van der Waals surface area contributed by atoms with Crippen LogP contribution in [-0.4, -0.2) is 4.98 Å². The fourth-order valence-corrected chi connectivity index (χ4v) is 3.11. The summed E-state index contributed by atoms with van der Waals surface area (Å²) in [7, 11) is 0. The second-order valence-electron chi connectivity index (χ2n) is 2.76. The van der Waals surface area contributed by atoms with E-state index in [0.29, 0.717) is 0 Å². The second kappa shape index (κ2) is 5.02. The third kappa shape index (κ3) is 2.63. The first-order valence-electron chi connectivity index (χ1n) is 4.16. The molecule has 0 aromatic carbocycles. The van der Waals surface area contributed by atoms with Gasteiger partial charge in [0.2, 0.25) is 0 Å².